The zero-order chi connectivity index (χ0) is 13.7. The first-order chi connectivity index (χ1) is 9.19. The third-order valence-electron chi connectivity index (χ3n) is 4.80. The van der Waals surface area contributed by atoms with Gasteiger partial charge in [-0.25, -0.2) is 0 Å². The second-order valence-corrected chi connectivity index (χ2v) is 6.29. The SMILES string of the molecule is CCC(O)CN1CCN(CC2CCCCN2C)CC1. The molecule has 19 heavy (non-hydrogen) atoms. The number of likely N-dealkylation sites (tertiary alicyclic amines) is 1. The highest BCUT2D eigenvalue weighted by Crippen LogP contribution is 2.16. The number of hydrogen-bond donors (Lipinski definition) is 1. The molecule has 2 aliphatic heterocycles. The number of hydrogen-bond acceptors (Lipinski definition) is 4. The van der Waals surface area contributed by atoms with Gasteiger partial charge in [0.2, 0.25) is 0 Å². The van der Waals surface area contributed by atoms with Crippen LogP contribution in [0.4, 0.5) is 0 Å². The van der Waals surface area contributed by atoms with E-state index in [2.05, 4.69) is 28.7 Å². The summed E-state index contributed by atoms with van der Waals surface area (Å²) in [6.45, 7) is 9.99. The minimum absolute atomic E-state index is 0.143. The van der Waals surface area contributed by atoms with Crippen LogP contribution in [-0.4, -0.2) is 84.8 Å². The van der Waals surface area contributed by atoms with Gasteiger partial charge >= 0.3 is 0 Å². The third kappa shape index (κ3) is 4.71. The van der Waals surface area contributed by atoms with E-state index in [1.807, 2.05) is 0 Å². The Morgan fingerprint density at radius 3 is 2.37 bits per heavy atom. The number of piperidine rings is 1. The molecule has 0 aromatic heterocycles. The van der Waals surface area contributed by atoms with E-state index in [-0.39, 0.29) is 6.10 Å². The Hall–Kier alpha value is -0.160. The van der Waals surface area contributed by atoms with Gasteiger partial charge in [0, 0.05) is 45.3 Å². The molecular formula is C15H31N3O. The molecule has 0 saturated carbocycles. The molecular weight excluding hydrogens is 238 g/mol. The van der Waals surface area contributed by atoms with Crippen molar-refractivity contribution in [3.05, 3.63) is 0 Å². The van der Waals surface area contributed by atoms with Crippen LogP contribution in [0.15, 0.2) is 0 Å². The summed E-state index contributed by atoms with van der Waals surface area (Å²) in [7, 11) is 2.28. The maximum absolute atomic E-state index is 9.71. The molecule has 2 unspecified atom stereocenters. The van der Waals surface area contributed by atoms with Crippen molar-refractivity contribution in [2.24, 2.45) is 0 Å². The molecule has 0 spiro atoms. The minimum Gasteiger partial charge on any atom is -0.392 e. The van der Waals surface area contributed by atoms with Crippen molar-refractivity contribution in [2.75, 3.05) is 52.9 Å². The molecule has 2 fully saturated rings. The standard InChI is InChI=1S/C15H31N3O/c1-3-15(19)13-18-10-8-17(9-11-18)12-14-6-4-5-7-16(14)2/h14-15,19H,3-13H2,1-2H3. The van der Waals surface area contributed by atoms with Gasteiger partial charge in [-0.1, -0.05) is 13.3 Å². The van der Waals surface area contributed by atoms with Gasteiger partial charge in [-0.3, -0.25) is 9.80 Å². The van der Waals surface area contributed by atoms with Crippen molar-refractivity contribution in [3.63, 3.8) is 0 Å². The minimum atomic E-state index is -0.143. The summed E-state index contributed by atoms with van der Waals surface area (Å²) in [5, 5.41) is 9.71. The number of aliphatic hydroxyl groups is 1. The summed E-state index contributed by atoms with van der Waals surface area (Å²) in [6, 6.07) is 0.765. The van der Waals surface area contributed by atoms with E-state index < -0.39 is 0 Å². The van der Waals surface area contributed by atoms with Gasteiger partial charge in [0.25, 0.3) is 0 Å². The summed E-state index contributed by atoms with van der Waals surface area (Å²) in [4.78, 5) is 7.56. The molecule has 2 aliphatic rings. The summed E-state index contributed by atoms with van der Waals surface area (Å²) in [5.74, 6) is 0. The van der Waals surface area contributed by atoms with E-state index in [0.29, 0.717) is 0 Å². The van der Waals surface area contributed by atoms with Crippen LogP contribution in [0.3, 0.4) is 0 Å². The number of β-amino-alcohol motifs (C(OH)–C–C–N with tert-alkyl or cyclic N) is 1. The summed E-state index contributed by atoms with van der Waals surface area (Å²) in [5.41, 5.74) is 0. The van der Waals surface area contributed by atoms with E-state index in [9.17, 15) is 5.11 Å². The maximum Gasteiger partial charge on any atom is 0.0664 e. The molecule has 0 bridgehead atoms. The topological polar surface area (TPSA) is 30.0 Å². The fraction of sp³-hybridized carbons (Fsp3) is 1.00. The lowest BCUT2D eigenvalue weighted by atomic mass is 10.0. The lowest BCUT2D eigenvalue weighted by molar-refractivity contribution is 0.0544. The Morgan fingerprint density at radius 1 is 1.05 bits per heavy atom. The Kier molecular flexibility index (Phi) is 6.07. The first-order valence-corrected chi connectivity index (χ1v) is 8.02. The van der Waals surface area contributed by atoms with Gasteiger partial charge in [-0.15, -0.1) is 0 Å². The molecule has 0 radical (unpaired) electrons. The summed E-state index contributed by atoms with van der Waals surface area (Å²) in [6.07, 6.45) is 4.86. The number of piperazine rings is 1. The molecule has 2 heterocycles. The maximum atomic E-state index is 9.71. The zero-order valence-electron chi connectivity index (χ0n) is 12.7. The van der Waals surface area contributed by atoms with Gasteiger partial charge in [-0.2, -0.15) is 0 Å². The van der Waals surface area contributed by atoms with Crippen LogP contribution in [0.5, 0.6) is 0 Å². The van der Waals surface area contributed by atoms with Gasteiger partial charge in [0.05, 0.1) is 6.10 Å². The average molecular weight is 269 g/mol. The van der Waals surface area contributed by atoms with Crippen LogP contribution in [0.1, 0.15) is 32.6 Å². The first-order valence-electron chi connectivity index (χ1n) is 8.02. The fourth-order valence-corrected chi connectivity index (χ4v) is 3.25. The van der Waals surface area contributed by atoms with E-state index >= 15 is 0 Å². The van der Waals surface area contributed by atoms with E-state index in [0.717, 1.165) is 32.1 Å². The highest BCUT2D eigenvalue weighted by Gasteiger charge is 2.24. The monoisotopic (exact) mass is 269 g/mol. The highest BCUT2D eigenvalue weighted by atomic mass is 16.3. The Balaban J connectivity index is 1.68. The van der Waals surface area contributed by atoms with Gasteiger partial charge < -0.3 is 10.0 Å². The predicted molar refractivity (Wildman–Crippen MR) is 79.4 cm³/mol. The largest absolute Gasteiger partial charge is 0.392 e. The Bertz CT molecular complexity index is 254. The summed E-state index contributed by atoms with van der Waals surface area (Å²) < 4.78 is 0. The normalized spacial score (nSPS) is 29.5. The quantitative estimate of drug-likeness (QED) is 0.802. The number of rotatable bonds is 5. The predicted octanol–water partition coefficient (Wildman–Crippen LogP) is 0.859. The van der Waals surface area contributed by atoms with Crippen LogP contribution in [0.25, 0.3) is 0 Å². The van der Waals surface area contributed by atoms with Gasteiger partial charge in [-0.05, 0) is 32.9 Å². The van der Waals surface area contributed by atoms with E-state index in [1.54, 1.807) is 0 Å². The molecule has 0 aromatic rings. The summed E-state index contributed by atoms with van der Waals surface area (Å²) >= 11 is 0. The molecule has 2 rings (SSSR count). The van der Waals surface area contributed by atoms with Gasteiger partial charge in [0.15, 0.2) is 0 Å². The molecule has 112 valence electrons. The van der Waals surface area contributed by atoms with Crippen LogP contribution in [-0.2, 0) is 0 Å². The number of aliphatic hydroxyl groups excluding tert-OH is 1. The van der Waals surface area contributed by atoms with E-state index in [1.165, 1.54) is 45.4 Å². The Morgan fingerprint density at radius 2 is 1.74 bits per heavy atom. The van der Waals surface area contributed by atoms with E-state index in [4.69, 9.17) is 0 Å². The molecule has 0 aromatic carbocycles. The van der Waals surface area contributed by atoms with Crippen LogP contribution < -0.4 is 0 Å². The Labute approximate surface area is 118 Å². The number of likely N-dealkylation sites (N-methyl/N-ethyl adjacent to an activating group) is 1. The van der Waals surface area contributed by atoms with Crippen LogP contribution in [0, 0.1) is 0 Å². The van der Waals surface area contributed by atoms with Crippen molar-refractivity contribution in [1.29, 1.82) is 0 Å². The van der Waals surface area contributed by atoms with Crippen molar-refractivity contribution in [3.8, 4) is 0 Å². The van der Waals surface area contributed by atoms with Crippen LogP contribution in [0.2, 0.25) is 0 Å². The van der Waals surface area contributed by atoms with Gasteiger partial charge in [0.1, 0.15) is 0 Å². The number of nitrogens with zero attached hydrogens (tertiary/aromatic N) is 3. The second-order valence-electron chi connectivity index (χ2n) is 6.29. The first kappa shape index (κ1) is 15.2. The third-order valence-corrected chi connectivity index (χ3v) is 4.80. The van der Waals surface area contributed by atoms with Crippen molar-refractivity contribution < 1.29 is 5.11 Å². The highest BCUT2D eigenvalue weighted by molar-refractivity contribution is 4.81. The molecule has 2 atom stereocenters. The molecule has 4 nitrogen and oxygen atoms in total. The molecule has 4 heteroatoms. The smallest absolute Gasteiger partial charge is 0.0664 e. The zero-order valence-corrected chi connectivity index (χ0v) is 12.7. The van der Waals surface area contributed by atoms with Crippen molar-refractivity contribution >= 4 is 0 Å². The second kappa shape index (κ2) is 7.58. The fourth-order valence-electron chi connectivity index (χ4n) is 3.25. The van der Waals surface area contributed by atoms with Crippen molar-refractivity contribution in [1.82, 2.24) is 14.7 Å². The lowest BCUT2D eigenvalue weighted by Gasteiger charge is -2.40. The molecule has 2 saturated heterocycles. The van der Waals surface area contributed by atoms with Crippen molar-refractivity contribution in [2.45, 2.75) is 44.8 Å². The molecule has 0 amide bonds. The van der Waals surface area contributed by atoms with Crippen LogP contribution >= 0.6 is 0 Å². The molecule has 0 aliphatic carbocycles. The molecule has 1 N–H and O–H groups in total. The lowest BCUT2D eigenvalue weighted by Crippen LogP contribution is -2.52. The average Bonchev–Trinajstić information content (AvgIpc) is 2.43.